The van der Waals surface area contributed by atoms with Gasteiger partial charge in [0.05, 0.1) is 4.99 Å². The Kier molecular flexibility index (Phi) is 2.53. The van der Waals surface area contributed by atoms with Crippen LogP contribution in [-0.2, 0) is 0 Å². The van der Waals surface area contributed by atoms with E-state index in [0.717, 1.165) is 4.99 Å². The zero-order valence-corrected chi connectivity index (χ0v) is 8.42. The smallest absolute Gasteiger partial charge is 0.103 e. The van der Waals surface area contributed by atoms with Gasteiger partial charge in [0.15, 0.2) is 0 Å². The van der Waals surface area contributed by atoms with Crippen LogP contribution < -0.4 is 10.9 Å². The van der Waals surface area contributed by atoms with E-state index in [9.17, 15) is 0 Å². The lowest BCUT2D eigenvalue weighted by Gasteiger charge is -2.40. The molecule has 0 amide bonds. The number of halogens is 1. The fourth-order valence-corrected chi connectivity index (χ4v) is 2.88. The van der Waals surface area contributed by atoms with Crippen molar-refractivity contribution < 1.29 is 0 Å². The van der Waals surface area contributed by atoms with E-state index < -0.39 is 0 Å². The summed E-state index contributed by atoms with van der Waals surface area (Å²) in [6.07, 6.45) is 5.02. The fourth-order valence-electron chi connectivity index (χ4n) is 2.18. The van der Waals surface area contributed by atoms with Crippen molar-refractivity contribution >= 4 is 28.8 Å². The molecule has 1 aliphatic heterocycles. The van der Waals surface area contributed by atoms with Crippen molar-refractivity contribution in [3.63, 3.8) is 0 Å². The first-order chi connectivity index (χ1) is 5.79. The number of hydrogen-bond acceptors (Lipinski definition) is 2. The van der Waals surface area contributed by atoms with Gasteiger partial charge >= 0.3 is 0 Å². The summed E-state index contributed by atoms with van der Waals surface area (Å²) in [7, 11) is 0. The molecule has 3 unspecified atom stereocenters. The summed E-state index contributed by atoms with van der Waals surface area (Å²) >= 11 is 11.3. The molecule has 2 rings (SSSR count). The lowest BCUT2D eigenvalue weighted by molar-refractivity contribution is 0.239. The minimum atomic E-state index is 0.0574. The number of hydrazine groups is 1. The monoisotopic (exact) mass is 204 g/mol. The third-order valence-electron chi connectivity index (χ3n) is 2.87. The molecule has 1 saturated heterocycles. The van der Waals surface area contributed by atoms with Crippen molar-refractivity contribution in [1.29, 1.82) is 0 Å². The van der Waals surface area contributed by atoms with Gasteiger partial charge in [-0.25, -0.2) is 5.43 Å². The van der Waals surface area contributed by atoms with Crippen molar-refractivity contribution in [3.05, 3.63) is 0 Å². The molecule has 2 fully saturated rings. The van der Waals surface area contributed by atoms with Crippen LogP contribution in [0.2, 0.25) is 0 Å². The Balaban J connectivity index is 2.11. The predicted molar refractivity (Wildman–Crippen MR) is 54.0 cm³/mol. The molecule has 0 spiro atoms. The first kappa shape index (κ1) is 8.73. The van der Waals surface area contributed by atoms with Crippen molar-refractivity contribution in [2.24, 2.45) is 11.8 Å². The van der Waals surface area contributed by atoms with Gasteiger partial charge in [0.2, 0.25) is 0 Å². The van der Waals surface area contributed by atoms with Gasteiger partial charge < -0.3 is 5.43 Å². The second-order valence-electron chi connectivity index (χ2n) is 3.59. The van der Waals surface area contributed by atoms with Crippen molar-refractivity contribution in [3.8, 4) is 0 Å². The van der Waals surface area contributed by atoms with Crippen molar-refractivity contribution in [1.82, 2.24) is 10.9 Å². The minimum Gasteiger partial charge on any atom is -0.314 e. The summed E-state index contributed by atoms with van der Waals surface area (Å²) in [5.74, 6) is 1.08. The lowest BCUT2D eigenvalue weighted by atomic mass is 9.78. The third kappa shape index (κ3) is 1.45. The zero-order chi connectivity index (χ0) is 8.55. The Bertz CT molecular complexity index is 197. The highest BCUT2D eigenvalue weighted by Crippen LogP contribution is 2.35. The molecule has 0 bridgehead atoms. The molecule has 1 saturated carbocycles. The molecule has 3 atom stereocenters. The SMILES string of the molecule is S=C1NNC(Cl)C2CCCCC12. The molecule has 2 nitrogen and oxygen atoms in total. The first-order valence-corrected chi connectivity index (χ1v) is 5.33. The third-order valence-corrected chi connectivity index (χ3v) is 3.70. The highest BCUT2D eigenvalue weighted by molar-refractivity contribution is 7.80. The fraction of sp³-hybridized carbons (Fsp3) is 0.875. The average Bonchev–Trinajstić information content (AvgIpc) is 2.12. The van der Waals surface area contributed by atoms with Crippen LogP contribution in [0.15, 0.2) is 0 Å². The zero-order valence-electron chi connectivity index (χ0n) is 6.85. The molecule has 0 radical (unpaired) electrons. The molecule has 1 heterocycles. The summed E-state index contributed by atoms with van der Waals surface area (Å²) < 4.78 is 0. The predicted octanol–water partition coefficient (Wildman–Crippen LogP) is 1.79. The topological polar surface area (TPSA) is 24.1 Å². The van der Waals surface area contributed by atoms with E-state index in [1.807, 2.05) is 0 Å². The maximum atomic E-state index is 6.12. The molecule has 2 aliphatic rings. The summed E-state index contributed by atoms with van der Waals surface area (Å²) in [6.45, 7) is 0. The van der Waals surface area contributed by atoms with Crippen LogP contribution in [0.25, 0.3) is 0 Å². The second-order valence-corrected chi connectivity index (χ2v) is 4.50. The minimum absolute atomic E-state index is 0.0574. The highest BCUT2D eigenvalue weighted by Gasteiger charge is 2.36. The van der Waals surface area contributed by atoms with Crippen LogP contribution in [-0.4, -0.2) is 10.5 Å². The Labute approximate surface area is 83.0 Å². The number of nitrogens with one attached hydrogen (secondary N) is 2. The van der Waals surface area contributed by atoms with Gasteiger partial charge in [-0.15, -0.1) is 11.6 Å². The highest BCUT2D eigenvalue weighted by atomic mass is 35.5. The van der Waals surface area contributed by atoms with E-state index in [1.165, 1.54) is 25.7 Å². The normalized spacial score (nSPS) is 41.8. The van der Waals surface area contributed by atoms with Crippen LogP contribution in [0.1, 0.15) is 25.7 Å². The molecular weight excluding hydrogens is 192 g/mol. The quantitative estimate of drug-likeness (QED) is 0.358. The Morgan fingerprint density at radius 2 is 2.08 bits per heavy atom. The number of thiocarbonyl (C=S) groups is 1. The molecule has 1 aliphatic carbocycles. The van der Waals surface area contributed by atoms with Gasteiger partial charge in [-0.2, -0.15) is 0 Å². The number of hydrogen-bond donors (Lipinski definition) is 2. The van der Waals surface area contributed by atoms with Crippen LogP contribution in [0, 0.1) is 11.8 Å². The van der Waals surface area contributed by atoms with E-state index in [2.05, 4.69) is 10.9 Å². The van der Waals surface area contributed by atoms with Gasteiger partial charge in [0.25, 0.3) is 0 Å². The summed E-state index contributed by atoms with van der Waals surface area (Å²) in [5.41, 5.74) is 6.04. The summed E-state index contributed by atoms with van der Waals surface area (Å²) in [5, 5.41) is 0. The van der Waals surface area contributed by atoms with Gasteiger partial charge in [-0.1, -0.05) is 25.1 Å². The van der Waals surface area contributed by atoms with Gasteiger partial charge in [0, 0.05) is 5.92 Å². The molecule has 4 heteroatoms. The van der Waals surface area contributed by atoms with E-state index in [-0.39, 0.29) is 5.50 Å². The van der Waals surface area contributed by atoms with Crippen molar-refractivity contribution in [2.75, 3.05) is 0 Å². The Morgan fingerprint density at radius 1 is 1.33 bits per heavy atom. The molecule has 0 aromatic rings. The van der Waals surface area contributed by atoms with Gasteiger partial charge in [-0.05, 0) is 18.8 Å². The van der Waals surface area contributed by atoms with Crippen LogP contribution in [0.3, 0.4) is 0 Å². The van der Waals surface area contributed by atoms with E-state index >= 15 is 0 Å². The van der Waals surface area contributed by atoms with Crippen LogP contribution >= 0.6 is 23.8 Å². The molecule has 0 aromatic carbocycles. The standard InChI is InChI=1S/C8H13ClN2S/c9-7-5-3-1-2-4-6(5)8(12)11-10-7/h5-7,10H,1-4H2,(H,11,12). The average molecular weight is 205 g/mol. The maximum Gasteiger partial charge on any atom is 0.103 e. The van der Waals surface area contributed by atoms with Gasteiger partial charge in [-0.3, -0.25) is 0 Å². The number of rotatable bonds is 0. The van der Waals surface area contributed by atoms with E-state index in [4.69, 9.17) is 23.8 Å². The van der Waals surface area contributed by atoms with Crippen molar-refractivity contribution in [2.45, 2.75) is 31.2 Å². The number of alkyl halides is 1. The van der Waals surface area contributed by atoms with E-state index in [0.29, 0.717) is 11.8 Å². The molecular formula is C8H13ClN2S. The Hall–Kier alpha value is 0.140. The summed E-state index contributed by atoms with van der Waals surface area (Å²) in [6, 6.07) is 0. The Morgan fingerprint density at radius 3 is 2.83 bits per heavy atom. The first-order valence-electron chi connectivity index (χ1n) is 4.48. The van der Waals surface area contributed by atoms with Gasteiger partial charge in [0.1, 0.15) is 5.50 Å². The molecule has 12 heavy (non-hydrogen) atoms. The largest absolute Gasteiger partial charge is 0.314 e. The number of fused-ring (bicyclic) bond motifs is 1. The molecule has 0 aromatic heterocycles. The second kappa shape index (κ2) is 3.48. The lowest BCUT2D eigenvalue weighted by Crippen LogP contribution is -2.56. The maximum absolute atomic E-state index is 6.12. The molecule has 2 N–H and O–H groups in total. The van der Waals surface area contributed by atoms with Crippen LogP contribution in [0.4, 0.5) is 0 Å². The van der Waals surface area contributed by atoms with Crippen LogP contribution in [0.5, 0.6) is 0 Å². The summed E-state index contributed by atoms with van der Waals surface area (Å²) in [4.78, 5) is 0.955. The van der Waals surface area contributed by atoms with E-state index in [1.54, 1.807) is 0 Å². The molecule has 68 valence electrons.